The summed E-state index contributed by atoms with van der Waals surface area (Å²) in [6.07, 6.45) is -3.40. The smallest absolute Gasteiger partial charge is 0.416 e. The molecule has 2 atom stereocenters. The van der Waals surface area contributed by atoms with Crippen molar-refractivity contribution in [2.75, 3.05) is 19.6 Å². The van der Waals surface area contributed by atoms with Crippen LogP contribution in [0.1, 0.15) is 84.1 Å². The topological polar surface area (TPSA) is 115 Å². The van der Waals surface area contributed by atoms with Crippen LogP contribution in [0.2, 0.25) is 0 Å². The first kappa shape index (κ1) is 36.3. The van der Waals surface area contributed by atoms with Crippen LogP contribution >= 0.6 is 0 Å². The molecular weight excluding hydrogens is 628 g/mol. The summed E-state index contributed by atoms with van der Waals surface area (Å²) < 4.78 is 58.8. The quantitative estimate of drug-likeness (QED) is 0.209. The molecule has 8 nitrogen and oxygen atoms in total. The summed E-state index contributed by atoms with van der Waals surface area (Å²) in [6.45, 7) is 10.6. The second-order valence-corrected chi connectivity index (χ2v) is 13.0. The second-order valence-electron chi connectivity index (χ2n) is 13.0. The molecular formula is C36H40F4N4O4. The first-order chi connectivity index (χ1) is 22.5. The largest absolute Gasteiger partial charge is 0.481 e. The Hall–Kier alpha value is -4.50. The number of amides is 1. The average Bonchev–Trinajstić information content (AvgIpc) is 2.96. The Balaban J connectivity index is 1.78. The number of likely N-dealkylation sites (tertiary alicyclic amines) is 1. The van der Waals surface area contributed by atoms with Gasteiger partial charge in [-0.15, -0.1) is 0 Å². The summed E-state index contributed by atoms with van der Waals surface area (Å²) in [5, 5.41) is 22.0. The number of nitriles is 1. The fourth-order valence-corrected chi connectivity index (χ4v) is 6.15. The van der Waals surface area contributed by atoms with E-state index in [4.69, 9.17) is 0 Å². The second kappa shape index (κ2) is 14.7. The van der Waals surface area contributed by atoms with E-state index >= 15 is 4.39 Å². The van der Waals surface area contributed by atoms with Gasteiger partial charge in [0.25, 0.3) is 5.56 Å². The van der Waals surface area contributed by atoms with Gasteiger partial charge in [-0.25, -0.2) is 4.39 Å². The van der Waals surface area contributed by atoms with Crippen molar-refractivity contribution in [3.8, 4) is 17.2 Å². The van der Waals surface area contributed by atoms with Gasteiger partial charge in [0, 0.05) is 24.4 Å². The van der Waals surface area contributed by atoms with Gasteiger partial charge in [0.15, 0.2) is 0 Å². The van der Waals surface area contributed by atoms with Crippen LogP contribution in [0.3, 0.4) is 0 Å². The van der Waals surface area contributed by atoms with Gasteiger partial charge in [-0.2, -0.15) is 18.4 Å². The van der Waals surface area contributed by atoms with E-state index in [1.165, 1.54) is 13.0 Å². The van der Waals surface area contributed by atoms with Crippen molar-refractivity contribution in [2.24, 2.45) is 5.92 Å². The van der Waals surface area contributed by atoms with Crippen molar-refractivity contribution in [3.63, 3.8) is 0 Å². The van der Waals surface area contributed by atoms with Crippen molar-refractivity contribution < 1.29 is 32.3 Å². The molecule has 2 N–H and O–H groups in total. The Morgan fingerprint density at radius 1 is 1.04 bits per heavy atom. The van der Waals surface area contributed by atoms with Crippen LogP contribution in [0.15, 0.2) is 41.3 Å². The zero-order valence-electron chi connectivity index (χ0n) is 27.7. The molecule has 0 spiro atoms. The monoisotopic (exact) mass is 668 g/mol. The molecule has 4 rings (SSSR count). The lowest BCUT2D eigenvalue weighted by Gasteiger charge is -2.31. The van der Waals surface area contributed by atoms with E-state index in [2.05, 4.69) is 11.4 Å². The van der Waals surface area contributed by atoms with Crippen molar-refractivity contribution in [3.05, 3.63) is 91.6 Å². The molecule has 0 radical (unpaired) electrons. The van der Waals surface area contributed by atoms with Gasteiger partial charge in [0.05, 0.1) is 29.7 Å². The summed E-state index contributed by atoms with van der Waals surface area (Å²) in [7, 11) is 0. The van der Waals surface area contributed by atoms with E-state index in [0.717, 1.165) is 41.4 Å². The molecule has 1 aliphatic heterocycles. The molecule has 0 bridgehead atoms. The summed E-state index contributed by atoms with van der Waals surface area (Å²) in [5.41, 5.74) is 0.948. The highest BCUT2D eigenvalue weighted by Gasteiger charge is 2.36. The van der Waals surface area contributed by atoms with Crippen molar-refractivity contribution >= 4 is 11.9 Å². The maximum atomic E-state index is 15.8. The molecule has 1 saturated heterocycles. The number of alkyl halides is 3. The Morgan fingerprint density at radius 3 is 2.29 bits per heavy atom. The minimum atomic E-state index is -4.78. The molecule has 12 heteroatoms. The standard InChI is InChI=1S/C36H40F4N4O4/c1-20(2)11-31(44-19-24(7-10-43-8-6-9-43)29(16-32(44)45)36(38,39)40)35(48)42-30(17-33(46)47)28-14-25(13-23(5)34(28)37)27-15-26(18-41)21(3)12-22(27)4/h12-16,19-20,30-31H,6-11,17H2,1-5H3,(H,42,48)(H,46,47). The Bertz CT molecular complexity index is 1810. The van der Waals surface area contributed by atoms with Gasteiger partial charge < -0.3 is 19.9 Å². The van der Waals surface area contributed by atoms with Crippen LogP contribution in [0.25, 0.3) is 11.1 Å². The van der Waals surface area contributed by atoms with Gasteiger partial charge in [-0.3, -0.25) is 14.4 Å². The molecule has 3 aromatic rings. The number of hydrogen-bond acceptors (Lipinski definition) is 5. The van der Waals surface area contributed by atoms with E-state index < -0.39 is 53.5 Å². The first-order valence-electron chi connectivity index (χ1n) is 15.9. The molecule has 2 unspecified atom stereocenters. The Labute approximate surface area is 277 Å². The van der Waals surface area contributed by atoms with Crippen LogP contribution in [0.4, 0.5) is 17.6 Å². The van der Waals surface area contributed by atoms with Crippen molar-refractivity contribution in [1.82, 2.24) is 14.8 Å². The van der Waals surface area contributed by atoms with Gasteiger partial charge in [0.1, 0.15) is 11.9 Å². The number of nitrogens with one attached hydrogen (secondary N) is 1. The number of carbonyl (C=O) groups is 2. The molecule has 1 aliphatic rings. The van der Waals surface area contributed by atoms with E-state index in [1.807, 2.05) is 17.9 Å². The molecule has 1 fully saturated rings. The number of aliphatic carboxylic acids is 1. The van der Waals surface area contributed by atoms with E-state index in [9.17, 15) is 37.9 Å². The predicted octanol–water partition coefficient (Wildman–Crippen LogP) is 6.64. The fourth-order valence-electron chi connectivity index (χ4n) is 6.15. The summed E-state index contributed by atoms with van der Waals surface area (Å²) >= 11 is 0. The average molecular weight is 669 g/mol. The molecule has 0 aliphatic carbocycles. The highest BCUT2D eigenvalue weighted by Crippen LogP contribution is 2.35. The Morgan fingerprint density at radius 2 is 1.73 bits per heavy atom. The number of carboxylic acid groups (broad SMARTS) is 1. The Kier molecular flexibility index (Phi) is 11.1. The molecule has 2 aromatic carbocycles. The summed E-state index contributed by atoms with van der Waals surface area (Å²) in [5.74, 6) is -3.10. The molecule has 256 valence electrons. The first-order valence-corrected chi connectivity index (χ1v) is 15.9. The number of benzene rings is 2. The number of hydrogen-bond donors (Lipinski definition) is 2. The summed E-state index contributed by atoms with van der Waals surface area (Å²) in [4.78, 5) is 41.2. The van der Waals surface area contributed by atoms with Gasteiger partial charge in [-0.1, -0.05) is 19.9 Å². The number of pyridine rings is 1. The van der Waals surface area contributed by atoms with E-state index in [0.29, 0.717) is 29.3 Å². The lowest BCUT2D eigenvalue weighted by Crippen LogP contribution is -2.41. The number of rotatable bonds is 12. The van der Waals surface area contributed by atoms with Crippen LogP contribution in [0, 0.1) is 43.8 Å². The SMILES string of the molecule is Cc1cc(C)c(-c2cc(C)c(F)c(C(CC(=O)O)NC(=O)C(CC(C)C)n3cc(CCN4CCC4)c(C(F)(F)F)cc3=O)c2)cc1C#N. The normalized spacial score (nSPS) is 14.7. The van der Waals surface area contributed by atoms with Crippen molar-refractivity contribution in [2.45, 2.75) is 78.6 Å². The van der Waals surface area contributed by atoms with Crippen LogP contribution in [-0.2, 0) is 22.2 Å². The fraction of sp³-hybridized carbons (Fsp3) is 0.444. The number of carboxylic acids is 1. The third-order valence-electron chi connectivity index (χ3n) is 8.80. The lowest BCUT2D eigenvalue weighted by molar-refractivity contribution is -0.139. The number of aryl methyl sites for hydroxylation is 3. The van der Waals surface area contributed by atoms with E-state index in [-0.39, 0.29) is 35.4 Å². The maximum Gasteiger partial charge on any atom is 0.416 e. The maximum absolute atomic E-state index is 15.8. The molecule has 1 aromatic heterocycles. The van der Waals surface area contributed by atoms with E-state index in [1.54, 1.807) is 32.9 Å². The number of halogens is 4. The molecule has 0 saturated carbocycles. The zero-order chi connectivity index (χ0) is 35.5. The highest BCUT2D eigenvalue weighted by atomic mass is 19.4. The molecule has 48 heavy (non-hydrogen) atoms. The van der Waals surface area contributed by atoms with Gasteiger partial charge >= 0.3 is 12.1 Å². The van der Waals surface area contributed by atoms with Crippen LogP contribution < -0.4 is 10.9 Å². The minimum Gasteiger partial charge on any atom is -0.481 e. The minimum absolute atomic E-state index is 0.00992. The molecule has 1 amide bonds. The zero-order valence-corrected chi connectivity index (χ0v) is 27.7. The third kappa shape index (κ3) is 8.31. The van der Waals surface area contributed by atoms with Crippen molar-refractivity contribution in [1.29, 1.82) is 5.26 Å². The number of carbonyl (C=O) groups excluding carboxylic acids is 1. The lowest BCUT2D eigenvalue weighted by atomic mass is 9.90. The van der Waals surface area contributed by atoms with Gasteiger partial charge in [-0.05, 0) is 111 Å². The van der Waals surface area contributed by atoms with Crippen LogP contribution in [-0.4, -0.2) is 46.1 Å². The van der Waals surface area contributed by atoms with Crippen LogP contribution in [0.5, 0.6) is 0 Å². The third-order valence-corrected chi connectivity index (χ3v) is 8.80. The van der Waals surface area contributed by atoms with Gasteiger partial charge in [0.2, 0.25) is 5.91 Å². The number of aromatic nitrogens is 1. The predicted molar refractivity (Wildman–Crippen MR) is 173 cm³/mol. The molecule has 2 heterocycles. The summed E-state index contributed by atoms with van der Waals surface area (Å²) in [6, 6.07) is 6.44. The number of nitrogens with zero attached hydrogens (tertiary/aromatic N) is 3. The highest BCUT2D eigenvalue weighted by molar-refractivity contribution is 5.82.